The van der Waals surface area contributed by atoms with Crippen molar-refractivity contribution in [2.45, 2.75) is 37.5 Å². The number of rotatable bonds is 7. The van der Waals surface area contributed by atoms with Crippen molar-refractivity contribution in [3.8, 4) is 17.2 Å². The van der Waals surface area contributed by atoms with Gasteiger partial charge in [-0.1, -0.05) is 48.5 Å². The third-order valence-corrected chi connectivity index (χ3v) is 7.29. The number of benzene rings is 3. The van der Waals surface area contributed by atoms with Crippen molar-refractivity contribution in [2.24, 2.45) is 0 Å². The van der Waals surface area contributed by atoms with E-state index >= 15 is 0 Å². The molecule has 5 rings (SSSR count). The van der Waals surface area contributed by atoms with E-state index in [1.165, 1.54) is 42.6 Å². The van der Waals surface area contributed by atoms with Crippen molar-refractivity contribution in [2.75, 3.05) is 33.4 Å². The molecule has 1 N–H and O–H groups in total. The number of hydrogen-bond donors (Lipinski definition) is 1. The Kier molecular flexibility index (Phi) is 6.54. The Balaban J connectivity index is 1.42. The fourth-order valence-corrected chi connectivity index (χ4v) is 5.57. The van der Waals surface area contributed by atoms with Crippen LogP contribution in [0.3, 0.4) is 0 Å². The molecule has 2 aliphatic rings. The minimum atomic E-state index is 0.173. The van der Waals surface area contributed by atoms with E-state index in [-0.39, 0.29) is 11.7 Å². The SMILES string of the molecule is COc1ccc2c(c1O)CCC(c1ccccc1)C2c1ccc(OCCN2CCCC2)cc1. The molecule has 1 saturated heterocycles. The Morgan fingerprint density at radius 1 is 0.909 bits per heavy atom. The van der Waals surface area contributed by atoms with E-state index in [1.807, 2.05) is 6.07 Å². The average Bonchev–Trinajstić information content (AvgIpc) is 3.38. The largest absolute Gasteiger partial charge is 0.504 e. The molecule has 3 aromatic rings. The van der Waals surface area contributed by atoms with Crippen LogP contribution in [0.5, 0.6) is 17.2 Å². The number of aromatic hydroxyl groups is 1. The van der Waals surface area contributed by atoms with Crippen LogP contribution in [0.4, 0.5) is 0 Å². The van der Waals surface area contributed by atoms with E-state index in [2.05, 4.69) is 65.6 Å². The molecule has 1 aliphatic heterocycles. The average molecular weight is 444 g/mol. The molecule has 3 aromatic carbocycles. The lowest BCUT2D eigenvalue weighted by molar-refractivity contribution is 0.237. The van der Waals surface area contributed by atoms with Crippen LogP contribution in [0.15, 0.2) is 66.7 Å². The zero-order valence-electron chi connectivity index (χ0n) is 19.4. The number of ether oxygens (including phenoxy) is 2. The van der Waals surface area contributed by atoms with E-state index in [0.29, 0.717) is 11.7 Å². The molecule has 4 nitrogen and oxygen atoms in total. The molecule has 33 heavy (non-hydrogen) atoms. The van der Waals surface area contributed by atoms with Gasteiger partial charge in [0.1, 0.15) is 12.4 Å². The van der Waals surface area contributed by atoms with Gasteiger partial charge < -0.3 is 14.6 Å². The minimum absolute atomic E-state index is 0.173. The predicted octanol–water partition coefficient (Wildman–Crippen LogP) is 5.74. The maximum Gasteiger partial charge on any atom is 0.161 e. The van der Waals surface area contributed by atoms with Gasteiger partial charge in [-0.3, -0.25) is 4.90 Å². The molecule has 1 fully saturated rings. The van der Waals surface area contributed by atoms with Crippen LogP contribution in [0.25, 0.3) is 0 Å². The summed E-state index contributed by atoms with van der Waals surface area (Å²) in [5, 5.41) is 10.8. The summed E-state index contributed by atoms with van der Waals surface area (Å²) < 4.78 is 11.4. The lowest BCUT2D eigenvalue weighted by atomic mass is 9.69. The summed E-state index contributed by atoms with van der Waals surface area (Å²) in [5.41, 5.74) is 4.80. The van der Waals surface area contributed by atoms with Crippen molar-refractivity contribution in [3.05, 3.63) is 89.0 Å². The summed E-state index contributed by atoms with van der Waals surface area (Å²) in [6, 6.07) is 23.4. The molecule has 0 spiro atoms. The summed E-state index contributed by atoms with van der Waals surface area (Å²) in [6.07, 6.45) is 4.44. The van der Waals surface area contributed by atoms with Gasteiger partial charge in [-0.05, 0) is 79.6 Å². The summed E-state index contributed by atoms with van der Waals surface area (Å²) in [6.45, 7) is 4.12. The van der Waals surface area contributed by atoms with Gasteiger partial charge in [0.2, 0.25) is 0 Å². The molecule has 4 heteroatoms. The summed E-state index contributed by atoms with van der Waals surface area (Å²) in [7, 11) is 1.61. The van der Waals surface area contributed by atoms with Gasteiger partial charge in [-0.25, -0.2) is 0 Å². The zero-order chi connectivity index (χ0) is 22.6. The van der Waals surface area contributed by atoms with Crippen LogP contribution in [0, 0.1) is 0 Å². The van der Waals surface area contributed by atoms with E-state index in [0.717, 1.165) is 37.3 Å². The maximum absolute atomic E-state index is 10.8. The highest BCUT2D eigenvalue weighted by atomic mass is 16.5. The molecule has 0 amide bonds. The summed E-state index contributed by atoms with van der Waals surface area (Å²) in [4.78, 5) is 2.47. The highest BCUT2D eigenvalue weighted by Gasteiger charge is 2.34. The normalized spacial score (nSPS) is 20.4. The fraction of sp³-hybridized carbons (Fsp3) is 0.379. The van der Waals surface area contributed by atoms with E-state index in [4.69, 9.17) is 9.47 Å². The number of fused-ring (bicyclic) bond motifs is 1. The van der Waals surface area contributed by atoms with Gasteiger partial charge in [0, 0.05) is 18.0 Å². The molecule has 1 heterocycles. The first-order valence-electron chi connectivity index (χ1n) is 12.1. The van der Waals surface area contributed by atoms with Gasteiger partial charge in [0.15, 0.2) is 11.5 Å². The molecule has 0 bridgehead atoms. The standard InChI is InChI=1S/C29H33NO3/c1-32-27-16-15-25-26(29(27)31)14-13-24(21-7-3-2-4-8-21)28(25)22-9-11-23(12-10-22)33-20-19-30-17-5-6-18-30/h2-4,7-12,15-16,24,28,31H,5-6,13-14,17-20H2,1H3. The maximum atomic E-state index is 10.8. The molecule has 0 radical (unpaired) electrons. The smallest absolute Gasteiger partial charge is 0.161 e. The number of methoxy groups -OCH3 is 1. The highest BCUT2D eigenvalue weighted by molar-refractivity contribution is 5.55. The molecule has 1 aliphatic carbocycles. The van der Waals surface area contributed by atoms with Gasteiger partial charge >= 0.3 is 0 Å². The number of likely N-dealkylation sites (tertiary alicyclic amines) is 1. The number of hydrogen-bond acceptors (Lipinski definition) is 4. The van der Waals surface area contributed by atoms with Crippen LogP contribution in [0.2, 0.25) is 0 Å². The van der Waals surface area contributed by atoms with Crippen LogP contribution in [-0.4, -0.2) is 43.4 Å². The van der Waals surface area contributed by atoms with Crippen LogP contribution < -0.4 is 9.47 Å². The van der Waals surface area contributed by atoms with Crippen molar-refractivity contribution in [3.63, 3.8) is 0 Å². The predicted molar refractivity (Wildman–Crippen MR) is 132 cm³/mol. The Morgan fingerprint density at radius 2 is 1.67 bits per heavy atom. The number of phenols is 1. The van der Waals surface area contributed by atoms with Gasteiger partial charge in [-0.2, -0.15) is 0 Å². The van der Waals surface area contributed by atoms with Crippen LogP contribution in [0.1, 0.15) is 53.4 Å². The summed E-state index contributed by atoms with van der Waals surface area (Å²) in [5.74, 6) is 2.28. The van der Waals surface area contributed by atoms with Crippen molar-refractivity contribution in [1.29, 1.82) is 0 Å². The zero-order valence-corrected chi connectivity index (χ0v) is 19.4. The van der Waals surface area contributed by atoms with Crippen molar-refractivity contribution in [1.82, 2.24) is 4.90 Å². The quantitative estimate of drug-likeness (QED) is 0.506. The lowest BCUT2D eigenvalue weighted by Crippen LogP contribution is -2.25. The Morgan fingerprint density at radius 3 is 2.39 bits per heavy atom. The van der Waals surface area contributed by atoms with Gasteiger partial charge in [-0.15, -0.1) is 0 Å². The first-order valence-corrected chi connectivity index (χ1v) is 12.1. The summed E-state index contributed by atoms with van der Waals surface area (Å²) >= 11 is 0. The monoisotopic (exact) mass is 443 g/mol. The molecular formula is C29H33NO3. The van der Waals surface area contributed by atoms with Crippen molar-refractivity contribution >= 4 is 0 Å². The second-order valence-electron chi connectivity index (χ2n) is 9.18. The van der Waals surface area contributed by atoms with E-state index < -0.39 is 0 Å². The minimum Gasteiger partial charge on any atom is -0.504 e. The lowest BCUT2D eigenvalue weighted by Gasteiger charge is -2.35. The molecule has 2 atom stereocenters. The van der Waals surface area contributed by atoms with Gasteiger partial charge in [0.25, 0.3) is 0 Å². The third kappa shape index (κ3) is 4.58. The Bertz CT molecular complexity index is 1060. The molecule has 0 aromatic heterocycles. The second kappa shape index (κ2) is 9.88. The molecule has 172 valence electrons. The first-order chi connectivity index (χ1) is 16.2. The first kappa shape index (κ1) is 21.8. The molecular weight excluding hydrogens is 410 g/mol. The van der Waals surface area contributed by atoms with E-state index in [9.17, 15) is 5.11 Å². The highest BCUT2D eigenvalue weighted by Crippen LogP contribution is 2.50. The third-order valence-electron chi connectivity index (χ3n) is 7.29. The Labute approximate surface area is 196 Å². The van der Waals surface area contributed by atoms with Gasteiger partial charge in [0.05, 0.1) is 7.11 Å². The van der Waals surface area contributed by atoms with Crippen LogP contribution >= 0.6 is 0 Å². The van der Waals surface area contributed by atoms with Crippen molar-refractivity contribution < 1.29 is 14.6 Å². The Hall–Kier alpha value is -2.98. The topological polar surface area (TPSA) is 41.9 Å². The van der Waals surface area contributed by atoms with Crippen LogP contribution in [-0.2, 0) is 6.42 Å². The van der Waals surface area contributed by atoms with E-state index in [1.54, 1.807) is 7.11 Å². The number of nitrogens with zero attached hydrogens (tertiary/aromatic N) is 1. The second-order valence-corrected chi connectivity index (χ2v) is 9.18. The molecule has 2 unspecified atom stereocenters. The fourth-order valence-electron chi connectivity index (χ4n) is 5.57. The molecule has 0 saturated carbocycles. The number of phenolic OH excluding ortho intramolecular Hbond substituents is 1.